The van der Waals surface area contributed by atoms with Crippen molar-refractivity contribution in [2.75, 3.05) is 14.2 Å². The molecule has 0 radical (unpaired) electrons. The van der Waals surface area contributed by atoms with Crippen LogP contribution in [0.15, 0.2) is 57.6 Å². The van der Waals surface area contributed by atoms with Gasteiger partial charge >= 0.3 is 0 Å². The van der Waals surface area contributed by atoms with Gasteiger partial charge in [0.2, 0.25) is 0 Å². The Hall–Kier alpha value is -2.60. The summed E-state index contributed by atoms with van der Waals surface area (Å²) < 4.78 is 11.4. The predicted molar refractivity (Wildman–Crippen MR) is 96.3 cm³/mol. The van der Waals surface area contributed by atoms with Crippen LogP contribution in [0.3, 0.4) is 0 Å². The van der Waals surface area contributed by atoms with Gasteiger partial charge in [-0.2, -0.15) is 0 Å². The first-order chi connectivity index (χ1) is 11.6. The molecule has 0 unspecified atom stereocenters. The third kappa shape index (κ3) is 3.33. The monoisotopic (exact) mass is 386 g/mol. The highest BCUT2D eigenvalue weighted by molar-refractivity contribution is 9.10. The molecule has 0 spiro atoms. The van der Waals surface area contributed by atoms with Crippen LogP contribution in [0, 0.1) is 0 Å². The minimum atomic E-state index is -0.236. The van der Waals surface area contributed by atoms with Gasteiger partial charge in [0.15, 0.2) is 11.5 Å². The first-order valence-electron chi connectivity index (χ1n) is 7.20. The summed E-state index contributed by atoms with van der Waals surface area (Å²) >= 11 is 3.41. The van der Waals surface area contributed by atoms with Gasteiger partial charge in [-0.15, -0.1) is 0 Å². The normalized spacial score (nSPS) is 15.2. The number of amides is 1. The summed E-state index contributed by atoms with van der Waals surface area (Å²) in [6, 6.07) is 13.0. The van der Waals surface area contributed by atoms with Gasteiger partial charge in [-0.25, -0.2) is 4.99 Å². The molecule has 0 atom stereocenters. The van der Waals surface area contributed by atoms with E-state index in [-0.39, 0.29) is 5.91 Å². The molecule has 0 saturated carbocycles. The molecule has 1 amide bonds. The lowest BCUT2D eigenvalue weighted by Crippen LogP contribution is -2.24. The Morgan fingerprint density at radius 3 is 2.58 bits per heavy atom. The maximum absolute atomic E-state index is 12.2. The molecular formula is C18H15BrN2O3. The average molecular weight is 387 g/mol. The molecule has 5 nitrogen and oxygen atoms in total. The van der Waals surface area contributed by atoms with Gasteiger partial charge in [0, 0.05) is 10.0 Å². The number of carbonyl (C=O) groups excluding carboxylic acids is 1. The number of benzene rings is 2. The van der Waals surface area contributed by atoms with E-state index in [2.05, 4.69) is 26.2 Å². The number of halogens is 1. The molecule has 0 saturated heterocycles. The molecule has 0 fully saturated rings. The Kier molecular flexibility index (Phi) is 4.66. The fraction of sp³-hybridized carbons (Fsp3) is 0.111. The van der Waals surface area contributed by atoms with Gasteiger partial charge in [0.1, 0.15) is 11.5 Å². The molecule has 1 aliphatic rings. The van der Waals surface area contributed by atoms with Gasteiger partial charge in [-0.05, 0) is 35.9 Å². The number of rotatable bonds is 4. The average Bonchev–Trinajstić information content (AvgIpc) is 2.95. The van der Waals surface area contributed by atoms with Crippen LogP contribution in [-0.2, 0) is 4.79 Å². The van der Waals surface area contributed by atoms with E-state index in [1.807, 2.05) is 30.3 Å². The Morgan fingerprint density at radius 2 is 1.88 bits per heavy atom. The molecule has 2 aromatic rings. The zero-order valence-corrected chi connectivity index (χ0v) is 14.8. The number of aliphatic imine (C=N–C) groups is 1. The Morgan fingerprint density at radius 1 is 1.08 bits per heavy atom. The number of amidine groups is 1. The van der Waals surface area contributed by atoms with Crippen LogP contribution in [-0.4, -0.2) is 26.0 Å². The van der Waals surface area contributed by atoms with E-state index in [1.54, 1.807) is 32.4 Å². The highest BCUT2D eigenvalue weighted by Crippen LogP contribution is 2.29. The molecule has 1 heterocycles. The van der Waals surface area contributed by atoms with Crippen LogP contribution in [0.1, 0.15) is 11.1 Å². The van der Waals surface area contributed by atoms with Crippen molar-refractivity contribution < 1.29 is 14.3 Å². The lowest BCUT2D eigenvalue weighted by Gasteiger charge is -2.07. The molecule has 0 aromatic heterocycles. The second kappa shape index (κ2) is 6.88. The summed E-state index contributed by atoms with van der Waals surface area (Å²) in [7, 11) is 3.15. The topological polar surface area (TPSA) is 59.9 Å². The van der Waals surface area contributed by atoms with E-state index in [9.17, 15) is 4.79 Å². The van der Waals surface area contributed by atoms with E-state index >= 15 is 0 Å². The molecule has 6 heteroatoms. The summed E-state index contributed by atoms with van der Waals surface area (Å²) in [5, 5.41) is 2.78. The quantitative estimate of drug-likeness (QED) is 0.819. The van der Waals surface area contributed by atoms with Gasteiger partial charge < -0.3 is 14.8 Å². The molecule has 0 bridgehead atoms. The molecular weight excluding hydrogens is 372 g/mol. The van der Waals surface area contributed by atoms with Crippen LogP contribution >= 0.6 is 15.9 Å². The van der Waals surface area contributed by atoms with Crippen LogP contribution in [0.5, 0.6) is 11.5 Å². The van der Waals surface area contributed by atoms with E-state index in [0.29, 0.717) is 23.0 Å². The Balaban J connectivity index is 1.94. The fourth-order valence-electron chi connectivity index (χ4n) is 2.34. The second-order valence-corrected chi connectivity index (χ2v) is 5.98. The van der Waals surface area contributed by atoms with Crippen LogP contribution in [0.25, 0.3) is 6.08 Å². The highest BCUT2D eigenvalue weighted by Gasteiger charge is 2.21. The number of ether oxygens (including phenoxy) is 2. The SMILES string of the molecule is COc1ccc(/C=C2\N=C(c3cccc(Br)c3)NC2=O)cc1OC. The van der Waals surface area contributed by atoms with Gasteiger partial charge in [0.25, 0.3) is 5.91 Å². The fourth-order valence-corrected chi connectivity index (χ4v) is 2.74. The third-order valence-electron chi connectivity index (χ3n) is 3.51. The zero-order chi connectivity index (χ0) is 17.1. The standard InChI is InChI=1S/C18H15BrN2O3/c1-23-15-7-6-11(9-16(15)24-2)8-14-18(22)21-17(20-14)12-4-3-5-13(19)10-12/h3-10H,1-2H3,(H,20,21,22)/b14-8-. The molecule has 24 heavy (non-hydrogen) atoms. The second-order valence-electron chi connectivity index (χ2n) is 5.07. The lowest BCUT2D eigenvalue weighted by atomic mass is 10.1. The predicted octanol–water partition coefficient (Wildman–Crippen LogP) is 3.38. The summed E-state index contributed by atoms with van der Waals surface area (Å²) in [4.78, 5) is 16.6. The zero-order valence-electron chi connectivity index (χ0n) is 13.2. The molecule has 3 rings (SSSR count). The number of methoxy groups -OCH3 is 2. The highest BCUT2D eigenvalue weighted by atomic mass is 79.9. The van der Waals surface area contributed by atoms with Crippen LogP contribution in [0.4, 0.5) is 0 Å². The van der Waals surface area contributed by atoms with E-state index in [4.69, 9.17) is 9.47 Å². The maximum Gasteiger partial charge on any atom is 0.275 e. The minimum Gasteiger partial charge on any atom is -0.493 e. The molecule has 1 N–H and O–H groups in total. The Bertz CT molecular complexity index is 859. The largest absolute Gasteiger partial charge is 0.493 e. The smallest absolute Gasteiger partial charge is 0.275 e. The van der Waals surface area contributed by atoms with Crippen molar-refractivity contribution in [3.63, 3.8) is 0 Å². The first kappa shape index (κ1) is 16.3. The number of carbonyl (C=O) groups is 1. The van der Waals surface area contributed by atoms with Crippen molar-refractivity contribution >= 4 is 33.7 Å². The lowest BCUT2D eigenvalue weighted by molar-refractivity contribution is -0.115. The number of hydrogen-bond acceptors (Lipinski definition) is 4. The first-order valence-corrected chi connectivity index (χ1v) is 7.99. The minimum absolute atomic E-state index is 0.236. The molecule has 1 aliphatic heterocycles. The molecule has 0 aliphatic carbocycles. The summed E-state index contributed by atoms with van der Waals surface area (Å²) in [5.74, 6) is 1.53. The van der Waals surface area contributed by atoms with Crippen LogP contribution < -0.4 is 14.8 Å². The van der Waals surface area contributed by atoms with Crippen molar-refractivity contribution in [1.82, 2.24) is 5.32 Å². The van der Waals surface area contributed by atoms with Crippen molar-refractivity contribution in [3.05, 3.63) is 63.8 Å². The van der Waals surface area contributed by atoms with E-state index in [0.717, 1.165) is 15.6 Å². The Labute approximate surface area is 148 Å². The van der Waals surface area contributed by atoms with Gasteiger partial charge in [0.05, 0.1) is 14.2 Å². The third-order valence-corrected chi connectivity index (χ3v) is 4.00. The molecule has 122 valence electrons. The van der Waals surface area contributed by atoms with Crippen LogP contribution in [0.2, 0.25) is 0 Å². The number of hydrogen-bond donors (Lipinski definition) is 1. The maximum atomic E-state index is 12.2. The van der Waals surface area contributed by atoms with Crippen molar-refractivity contribution in [2.24, 2.45) is 4.99 Å². The van der Waals surface area contributed by atoms with E-state index < -0.39 is 0 Å². The van der Waals surface area contributed by atoms with Gasteiger partial charge in [-0.1, -0.05) is 34.1 Å². The van der Waals surface area contributed by atoms with Crippen molar-refractivity contribution in [3.8, 4) is 11.5 Å². The molecule has 2 aromatic carbocycles. The summed E-state index contributed by atoms with van der Waals surface area (Å²) in [6.45, 7) is 0. The van der Waals surface area contributed by atoms with E-state index in [1.165, 1.54) is 0 Å². The van der Waals surface area contributed by atoms with Crippen molar-refractivity contribution in [1.29, 1.82) is 0 Å². The summed E-state index contributed by atoms with van der Waals surface area (Å²) in [5.41, 5.74) is 1.99. The number of nitrogens with one attached hydrogen (secondary N) is 1. The van der Waals surface area contributed by atoms with Gasteiger partial charge in [-0.3, -0.25) is 4.79 Å². The summed E-state index contributed by atoms with van der Waals surface area (Å²) in [6.07, 6.45) is 1.71. The number of nitrogens with zero attached hydrogens (tertiary/aromatic N) is 1. The van der Waals surface area contributed by atoms with Crippen molar-refractivity contribution in [2.45, 2.75) is 0 Å².